The van der Waals surface area contributed by atoms with E-state index in [9.17, 15) is 4.79 Å². The molecule has 1 aromatic rings. The fourth-order valence-electron chi connectivity index (χ4n) is 3.16. The first-order chi connectivity index (χ1) is 10.0. The second kappa shape index (κ2) is 7.41. The Bertz CT molecular complexity index is 484. The van der Waals surface area contributed by atoms with Crippen molar-refractivity contribution in [2.24, 2.45) is 11.8 Å². The van der Waals surface area contributed by atoms with Gasteiger partial charge in [-0.05, 0) is 32.9 Å². The molecule has 5 heteroatoms. The minimum Gasteiger partial charge on any atom is -0.308 e. The normalized spacial score (nSPS) is 22.7. The fourth-order valence-corrected chi connectivity index (χ4v) is 3.40. The SMILES string of the molecule is CCC1CCCC(C(=O)c2c(Cl)cnn2CCN(C)C)C1. The zero-order valence-electron chi connectivity index (χ0n) is 13.3. The lowest BCUT2D eigenvalue weighted by molar-refractivity contribution is 0.0850. The number of aromatic nitrogens is 2. The Labute approximate surface area is 132 Å². The maximum atomic E-state index is 12.8. The molecule has 0 radical (unpaired) electrons. The van der Waals surface area contributed by atoms with E-state index in [1.165, 1.54) is 6.42 Å². The first-order valence-corrected chi connectivity index (χ1v) is 8.31. The van der Waals surface area contributed by atoms with Gasteiger partial charge in [0.05, 0.1) is 17.8 Å². The van der Waals surface area contributed by atoms with Crippen LogP contribution in [0.4, 0.5) is 0 Å². The van der Waals surface area contributed by atoms with Crippen LogP contribution in [0, 0.1) is 11.8 Å². The van der Waals surface area contributed by atoms with Gasteiger partial charge in [-0.3, -0.25) is 9.48 Å². The third-order valence-corrected chi connectivity index (χ3v) is 4.79. The van der Waals surface area contributed by atoms with Gasteiger partial charge in [-0.2, -0.15) is 5.10 Å². The number of carbonyl (C=O) groups excluding carboxylic acids is 1. The zero-order chi connectivity index (χ0) is 15.4. The van der Waals surface area contributed by atoms with E-state index in [-0.39, 0.29) is 11.7 Å². The quantitative estimate of drug-likeness (QED) is 0.755. The Morgan fingerprint density at radius 2 is 2.24 bits per heavy atom. The Kier molecular flexibility index (Phi) is 5.82. The molecule has 0 bridgehead atoms. The van der Waals surface area contributed by atoms with Crippen molar-refractivity contribution in [2.75, 3.05) is 20.6 Å². The average Bonchev–Trinajstić information content (AvgIpc) is 2.85. The van der Waals surface area contributed by atoms with E-state index in [2.05, 4.69) is 16.9 Å². The fraction of sp³-hybridized carbons (Fsp3) is 0.750. The number of ketones is 1. The highest BCUT2D eigenvalue weighted by Gasteiger charge is 2.30. The third-order valence-electron chi connectivity index (χ3n) is 4.52. The van der Waals surface area contributed by atoms with E-state index in [1.54, 1.807) is 10.9 Å². The first-order valence-electron chi connectivity index (χ1n) is 7.93. The molecule has 0 aliphatic heterocycles. The smallest absolute Gasteiger partial charge is 0.185 e. The number of rotatable bonds is 6. The van der Waals surface area contributed by atoms with Gasteiger partial charge in [0, 0.05) is 12.5 Å². The monoisotopic (exact) mass is 311 g/mol. The number of hydrogen-bond acceptors (Lipinski definition) is 3. The summed E-state index contributed by atoms with van der Waals surface area (Å²) in [6.45, 7) is 3.76. The van der Waals surface area contributed by atoms with Crippen molar-refractivity contribution >= 4 is 17.4 Å². The van der Waals surface area contributed by atoms with E-state index in [4.69, 9.17) is 11.6 Å². The van der Waals surface area contributed by atoms with Gasteiger partial charge in [-0.1, -0.05) is 37.8 Å². The maximum Gasteiger partial charge on any atom is 0.185 e. The van der Waals surface area contributed by atoms with Crippen LogP contribution in [-0.4, -0.2) is 41.1 Å². The van der Waals surface area contributed by atoms with E-state index in [0.717, 1.165) is 32.2 Å². The molecule has 21 heavy (non-hydrogen) atoms. The number of Topliss-reactive ketones (excluding diaryl/α,β-unsaturated/α-hetero) is 1. The van der Waals surface area contributed by atoms with Crippen LogP contribution in [0.25, 0.3) is 0 Å². The lowest BCUT2D eigenvalue weighted by Crippen LogP contribution is -2.27. The maximum absolute atomic E-state index is 12.8. The summed E-state index contributed by atoms with van der Waals surface area (Å²) in [5.41, 5.74) is 0.611. The van der Waals surface area contributed by atoms with Crippen molar-refractivity contribution in [3.05, 3.63) is 16.9 Å². The summed E-state index contributed by atoms with van der Waals surface area (Å²) in [7, 11) is 4.03. The van der Waals surface area contributed by atoms with Gasteiger partial charge in [-0.25, -0.2) is 0 Å². The van der Waals surface area contributed by atoms with Crippen LogP contribution in [0.2, 0.25) is 5.02 Å². The molecule has 1 fully saturated rings. The lowest BCUT2D eigenvalue weighted by Gasteiger charge is -2.27. The van der Waals surface area contributed by atoms with Crippen LogP contribution in [0.15, 0.2) is 6.20 Å². The number of nitrogens with zero attached hydrogens (tertiary/aromatic N) is 3. The van der Waals surface area contributed by atoms with Gasteiger partial charge >= 0.3 is 0 Å². The topological polar surface area (TPSA) is 38.1 Å². The summed E-state index contributed by atoms with van der Waals surface area (Å²) in [4.78, 5) is 14.9. The van der Waals surface area contributed by atoms with Crippen LogP contribution in [0.5, 0.6) is 0 Å². The van der Waals surface area contributed by atoms with Crippen LogP contribution in [0.3, 0.4) is 0 Å². The molecule has 1 aliphatic rings. The largest absolute Gasteiger partial charge is 0.308 e. The zero-order valence-corrected chi connectivity index (χ0v) is 14.1. The van der Waals surface area contributed by atoms with E-state index in [1.807, 2.05) is 14.1 Å². The molecule has 1 saturated carbocycles. The van der Waals surface area contributed by atoms with Gasteiger partial charge in [0.15, 0.2) is 5.78 Å². The van der Waals surface area contributed by atoms with Gasteiger partial charge in [0.2, 0.25) is 0 Å². The van der Waals surface area contributed by atoms with Crippen molar-refractivity contribution in [1.29, 1.82) is 0 Å². The Balaban J connectivity index is 2.12. The summed E-state index contributed by atoms with van der Waals surface area (Å²) < 4.78 is 1.78. The van der Waals surface area contributed by atoms with E-state index < -0.39 is 0 Å². The summed E-state index contributed by atoms with van der Waals surface area (Å²) in [6, 6.07) is 0. The molecular weight excluding hydrogens is 286 g/mol. The molecule has 0 N–H and O–H groups in total. The van der Waals surface area contributed by atoms with Crippen molar-refractivity contribution < 1.29 is 4.79 Å². The minimum absolute atomic E-state index is 0.121. The van der Waals surface area contributed by atoms with Crippen LogP contribution in [-0.2, 0) is 6.54 Å². The predicted octanol–water partition coefficient (Wildman–Crippen LogP) is 3.50. The standard InChI is InChI=1S/C16H26ClN3O/c1-4-12-6-5-7-13(10-12)16(21)15-14(17)11-18-20(15)9-8-19(2)3/h11-13H,4-10H2,1-3H3. The number of halogens is 1. The molecule has 2 rings (SSSR count). The molecule has 1 aliphatic carbocycles. The molecule has 118 valence electrons. The molecule has 4 nitrogen and oxygen atoms in total. The Morgan fingerprint density at radius 1 is 1.48 bits per heavy atom. The third kappa shape index (κ3) is 4.07. The Morgan fingerprint density at radius 3 is 2.90 bits per heavy atom. The molecule has 2 unspecified atom stereocenters. The number of hydrogen-bond donors (Lipinski definition) is 0. The molecule has 1 aromatic heterocycles. The average molecular weight is 312 g/mol. The second-order valence-corrected chi connectivity index (χ2v) is 6.78. The Hall–Kier alpha value is -0.870. The van der Waals surface area contributed by atoms with Gasteiger partial charge < -0.3 is 4.90 Å². The second-order valence-electron chi connectivity index (χ2n) is 6.37. The molecule has 0 saturated heterocycles. The van der Waals surface area contributed by atoms with Crippen molar-refractivity contribution in [2.45, 2.75) is 45.6 Å². The molecule has 2 atom stereocenters. The van der Waals surface area contributed by atoms with Crippen molar-refractivity contribution in [1.82, 2.24) is 14.7 Å². The summed E-state index contributed by atoms with van der Waals surface area (Å²) in [6.07, 6.45) is 7.17. The highest BCUT2D eigenvalue weighted by atomic mass is 35.5. The van der Waals surface area contributed by atoms with Crippen LogP contribution < -0.4 is 0 Å². The minimum atomic E-state index is 0.121. The van der Waals surface area contributed by atoms with Crippen molar-refractivity contribution in [3.63, 3.8) is 0 Å². The molecule has 1 heterocycles. The van der Waals surface area contributed by atoms with Gasteiger partial charge in [-0.15, -0.1) is 0 Å². The van der Waals surface area contributed by atoms with E-state index >= 15 is 0 Å². The highest BCUT2D eigenvalue weighted by molar-refractivity contribution is 6.33. The first kappa shape index (κ1) is 16.5. The van der Waals surface area contributed by atoms with Gasteiger partial charge in [0.25, 0.3) is 0 Å². The summed E-state index contributed by atoms with van der Waals surface area (Å²) in [5.74, 6) is 0.995. The molecule has 0 aromatic carbocycles. The summed E-state index contributed by atoms with van der Waals surface area (Å²) >= 11 is 6.23. The van der Waals surface area contributed by atoms with E-state index in [0.29, 0.717) is 23.2 Å². The van der Waals surface area contributed by atoms with Crippen molar-refractivity contribution in [3.8, 4) is 0 Å². The number of likely N-dealkylation sites (N-methyl/N-ethyl adjacent to an activating group) is 1. The molecule has 0 amide bonds. The van der Waals surface area contributed by atoms with Gasteiger partial charge in [0.1, 0.15) is 5.69 Å². The lowest BCUT2D eigenvalue weighted by atomic mass is 9.77. The molecular formula is C16H26ClN3O. The molecule has 0 spiro atoms. The predicted molar refractivity (Wildman–Crippen MR) is 85.9 cm³/mol. The van der Waals surface area contributed by atoms with Crippen LogP contribution >= 0.6 is 11.6 Å². The van der Waals surface area contributed by atoms with Crippen LogP contribution in [0.1, 0.15) is 49.5 Å². The number of carbonyl (C=O) groups is 1. The highest BCUT2D eigenvalue weighted by Crippen LogP contribution is 2.34. The summed E-state index contributed by atoms with van der Waals surface area (Å²) in [5, 5.41) is 4.78.